The fourth-order valence-corrected chi connectivity index (χ4v) is 2.59. The van der Waals surface area contributed by atoms with Gasteiger partial charge >= 0.3 is 0 Å². The van der Waals surface area contributed by atoms with Gasteiger partial charge in [0.15, 0.2) is 11.3 Å². The number of rotatable bonds is 3. The Bertz CT molecular complexity index is 664. The predicted molar refractivity (Wildman–Crippen MR) is 72.2 cm³/mol. The Hall–Kier alpha value is -2.57. The first-order valence-corrected chi connectivity index (χ1v) is 6.49. The molecule has 0 spiro atoms. The van der Waals surface area contributed by atoms with E-state index in [1.54, 1.807) is 18.3 Å². The Morgan fingerprint density at radius 2 is 2.20 bits per heavy atom. The Labute approximate surface area is 115 Å². The lowest BCUT2D eigenvalue weighted by atomic mass is 10.1. The highest BCUT2D eigenvalue weighted by Crippen LogP contribution is 2.34. The highest BCUT2D eigenvalue weighted by molar-refractivity contribution is 5.42. The Kier molecular flexibility index (Phi) is 3.24. The SMILES string of the molecule is N=Nn1nc(N2CCCC2c2cccnc2)ccc1=N. The van der Waals surface area contributed by atoms with Crippen LogP contribution in [0.4, 0.5) is 5.82 Å². The summed E-state index contributed by atoms with van der Waals surface area (Å²) in [7, 11) is 0. The summed E-state index contributed by atoms with van der Waals surface area (Å²) in [5, 5.41) is 15.1. The number of hydrogen-bond acceptors (Lipinski definition) is 6. The van der Waals surface area contributed by atoms with Crippen LogP contribution in [-0.2, 0) is 0 Å². The average molecular weight is 269 g/mol. The third kappa shape index (κ3) is 2.18. The van der Waals surface area contributed by atoms with E-state index in [1.165, 1.54) is 0 Å². The number of nitrogens with zero attached hydrogens (tertiary/aromatic N) is 5. The molecule has 1 saturated heterocycles. The number of aromatic nitrogens is 3. The van der Waals surface area contributed by atoms with Crippen LogP contribution in [0.25, 0.3) is 0 Å². The summed E-state index contributed by atoms with van der Waals surface area (Å²) in [4.78, 5) is 7.37. The van der Waals surface area contributed by atoms with Gasteiger partial charge in [0.05, 0.1) is 6.04 Å². The first kappa shape index (κ1) is 12.5. The second-order valence-electron chi connectivity index (χ2n) is 4.70. The molecule has 0 radical (unpaired) electrons. The van der Waals surface area contributed by atoms with Gasteiger partial charge in [0.1, 0.15) is 0 Å². The van der Waals surface area contributed by atoms with Crippen LogP contribution in [0.5, 0.6) is 0 Å². The molecule has 7 nitrogen and oxygen atoms in total. The minimum atomic E-state index is 0.0980. The lowest BCUT2D eigenvalue weighted by Gasteiger charge is -2.25. The van der Waals surface area contributed by atoms with Crippen molar-refractivity contribution in [2.45, 2.75) is 18.9 Å². The first-order valence-electron chi connectivity index (χ1n) is 6.49. The van der Waals surface area contributed by atoms with E-state index >= 15 is 0 Å². The van der Waals surface area contributed by atoms with Gasteiger partial charge in [-0.15, -0.1) is 9.89 Å². The van der Waals surface area contributed by atoms with Crippen LogP contribution in [0.15, 0.2) is 41.9 Å². The van der Waals surface area contributed by atoms with E-state index in [0.29, 0.717) is 0 Å². The van der Waals surface area contributed by atoms with E-state index in [2.05, 4.69) is 26.3 Å². The summed E-state index contributed by atoms with van der Waals surface area (Å²) >= 11 is 0. The number of pyridine rings is 1. The molecule has 7 heteroatoms. The molecule has 1 fully saturated rings. The maximum Gasteiger partial charge on any atom is 0.168 e. The van der Waals surface area contributed by atoms with E-state index in [4.69, 9.17) is 10.9 Å². The molecule has 3 heterocycles. The van der Waals surface area contributed by atoms with Crippen molar-refractivity contribution in [2.24, 2.45) is 5.22 Å². The van der Waals surface area contributed by atoms with Crippen molar-refractivity contribution in [2.75, 3.05) is 11.4 Å². The standard InChI is InChI=1S/C13H15N7/c14-12-5-6-13(17-20(12)18-15)19-8-2-4-11(19)10-3-1-7-16-9-10/h1,3,5-7,9,11,14-15H,2,4,8H2. The minimum Gasteiger partial charge on any atom is -0.348 e. The maximum atomic E-state index is 7.61. The normalized spacial score (nSPS) is 18.2. The summed E-state index contributed by atoms with van der Waals surface area (Å²) in [6.07, 6.45) is 5.78. The van der Waals surface area contributed by atoms with Gasteiger partial charge in [-0.2, -0.15) is 5.53 Å². The van der Waals surface area contributed by atoms with Crippen molar-refractivity contribution in [1.82, 2.24) is 14.9 Å². The predicted octanol–water partition coefficient (Wildman–Crippen LogP) is 1.89. The zero-order valence-electron chi connectivity index (χ0n) is 10.9. The Morgan fingerprint density at radius 1 is 1.30 bits per heavy atom. The van der Waals surface area contributed by atoms with Crippen LogP contribution in [-0.4, -0.2) is 21.4 Å². The van der Waals surface area contributed by atoms with Crippen LogP contribution >= 0.6 is 0 Å². The molecule has 1 aliphatic heterocycles. The minimum absolute atomic E-state index is 0.0980. The monoisotopic (exact) mass is 269 g/mol. The summed E-state index contributed by atoms with van der Waals surface area (Å²) in [6, 6.07) is 7.66. The van der Waals surface area contributed by atoms with Gasteiger partial charge in [-0.3, -0.25) is 10.4 Å². The van der Waals surface area contributed by atoms with Crippen LogP contribution < -0.4 is 10.4 Å². The molecule has 0 saturated carbocycles. The van der Waals surface area contributed by atoms with Crippen molar-refractivity contribution in [1.29, 1.82) is 10.9 Å². The van der Waals surface area contributed by atoms with Crippen LogP contribution in [0.1, 0.15) is 24.4 Å². The van der Waals surface area contributed by atoms with E-state index in [-0.39, 0.29) is 11.5 Å². The van der Waals surface area contributed by atoms with E-state index < -0.39 is 0 Å². The van der Waals surface area contributed by atoms with Crippen molar-refractivity contribution >= 4 is 5.82 Å². The molecule has 0 amide bonds. The molecule has 1 unspecified atom stereocenters. The van der Waals surface area contributed by atoms with E-state index in [9.17, 15) is 0 Å². The summed E-state index contributed by atoms with van der Waals surface area (Å²) in [6.45, 7) is 0.905. The molecule has 102 valence electrons. The summed E-state index contributed by atoms with van der Waals surface area (Å²) < 4.78 is 0. The van der Waals surface area contributed by atoms with Gasteiger partial charge in [-0.1, -0.05) is 11.3 Å². The molecule has 2 aromatic rings. The van der Waals surface area contributed by atoms with Crippen LogP contribution in [0.2, 0.25) is 0 Å². The molecule has 20 heavy (non-hydrogen) atoms. The van der Waals surface area contributed by atoms with Crippen LogP contribution in [0, 0.1) is 10.9 Å². The van der Waals surface area contributed by atoms with Crippen LogP contribution in [0.3, 0.4) is 0 Å². The average Bonchev–Trinajstić information content (AvgIpc) is 2.98. The number of nitrogens with one attached hydrogen (secondary N) is 2. The van der Waals surface area contributed by atoms with Crippen molar-refractivity contribution in [3.8, 4) is 0 Å². The molecular weight excluding hydrogens is 254 g/mol. The molecule has 2 aromatic heterocycles. The highest BCUT2D eigenvalue weighted by atomic mass is 15.6. The molecular formula is C13H15N7. The molecule has 3 rings (SSSR count). The van der Waals surface area contributed by atoms with E-state index in [0.717, 1.165) is 35.6 Å². The fourth-order valence-electron chi connectivity index (χ4n) is 2.59. The van der Waals surface area contributed by atoms with Crippen molar-refractivity contribution in [3.63, 3.8) is 0 Å². The zero-order chi connectivity index (χ0) is 13.9. The summed E-state index contributed by atoms with van der Waals surface area (Å²) in [5.41, 5.74) is 8.30. The maximum absolute atomic E-state index is 7.61. The number of hydrogen-bond donors (Lipinski definition) is 2. The van der Waals surface area contributed by atoms with Gasteiger partial charge in [-0.05, 0) is 36.6 Å². The summed E-state index contributed by atoms with van der Waals surface area (Å²) in [5.74, 6) is 0.739. The highest BCUT2D eigenvalue weighted by Gasteiger charge is 2.27. The second kappa shape index (κ2) is 5.20. The van der Waals surface area contributed by atoms with E-state index in [1.807, 2.05) is 12.3 Å². The zero-order valence-corrected chi connectivity index (χ0v) is 10.9. The molecule has 1 atom stereocenters. The second-order valence-corrected chi connectivity index (χ2v) is 4.70. The third-order valence-electron chi connectivity index (χ3n) is 3.51. The van der Waals surface area contributed by atoms with Crippen molar-refractivity contribution in [3.05, 3.63) is 47.7 Å². The lowest BCUT2D eigenvalue weighted by Crippen LogP contribution is -2.27. The quantitative estimate of drug-likeness (QED) is 0.833. The van der Waals surface area contributed by atoms with Gasteiger partial charge in [0.2, 0.25) is 0 Å². The topological polar surface area (TPSA) is 94.0 Å². The lowest BCUT2D eigenvalue weighted by molar-refractivity contribution is 0.591. The smallest absolute Gasteiger partial charge is 0.168 e. The van der Waals surface area contributed by atoms with Gasteiger partial charge in [0, 0.05) is 18.9 Å². The largest absolute Gasteiger partial charge is 0.348 e. The first-order chi connectivity index (χ1) is 9.79. The molecule has 0 bridgehead atoms. The Balaban J connectivity index is 1.97. The van der Waals surface area contributed by atoms with Crippen molar-refractivity contribution < 1.29 is 0 Å². The van der Waals surface area contributed by atoms with Gasteiger partial charge in [0.25, 0.3) is 0 Å². The molecule has 1 aliphatic rings. The molecule has 0 aromatic carbocycles. The molecule has 0 aliphatic carbocycles. The number of anilines is 1. The molecule has 2 N–H and O–H groups in total. The van der Waals surface area contributed by atoms with Gasteiger partial charge < -0.3 is 4.90 Å². The third-order valence-corrected chi connectivity index (χ3v) is 3.51. The van der Waals surface area contributed by atoms with Gasteiger partial charge in [-0.25, -0.2) is 0 Å². The fraction of sp³-hybridized carbons (Fsp3) is 0.308. The Morgan fingerprint density at radius 3 is 2.95 bits per heavy atom.